The second kappa shape index (κ2) is 8.78. The summed E-state index contributed by atoms with van der Waals surface area (Å²) in [5.74, 6) is 0.541. The Labute approximate surface area is 177 Å². The van der Waals surface area contributed by atoms with Crippen LogP contribution in [0.15, 0.2) is 48.7 Å². The molecule has 0 saturated carbocycles. The van der Waals surface area contributed by atoms with Crippen LogP contribution in [-0.2, 0) is 16.6 Å². The van der Waals surface area contributed by atoms with Crippen LogP contribution in [0.5, 0.6) is 5.75 Å². The molecule has 4 nitrogen and oxygen atoms in total. The average molecular weight is 409 g/mol. The van der Waals surface area contributed by atoms with Gasteiger partial charge in [0.2, 0.25) is 0 Å². The van der Waals surface area contributed by atoms with Crippen molar-refractivity contribution in [2.75, 3.05) is 11.9 Å². The lowest BCUT2D eigenvalue weighted by molar-refractivity contribution is -0.118. The molecule has 0 fully saturated rings. The highest BCUT2D eigenvalue weighted by Gasteiger charge is 2.20. The van der Waals surface area contributed by atoms with E-state index >= 15 is 0 Å². The minimum absolute atomic E-state index is 0.0426. The average Bonchev–Trinajstić information content (AvgIpc) is 3.08. The summed E-state index contributed by atoms with van der Waals surface area (Å²) in [6.45, 7) is 10.5. The molecule has 0 aliphatic heterocycles. The molecule has 152 valence electrons. The SMILES string of the molecule is Cc1ccc(Cc2cnc(NC(=O)COc3ccc(C)cc3C(C)(C)C)s2)cc1. The van der Waals surface area contributed by atoms with E-state index in [1.807, 2.05) is 18.3 Å². The molecule has 0 unspecified atom stereocenters. The van der Waals surface area contributed by atoms with Crippen LogP contribution in [0.3, 0.4) is 0 Å². The van der Waals surface area contributed by atoms with Crippen molar-refractivity contribution in [2.24, 2.45) is 0 Å². The number of rotatable bonds is 6. The van der Waals surface area contributed by atoms with E-state index in [4.69, 9.17) is 4.74 Å². The highest BCUT2D eigenvalue weighted by Crippen LogP contribution is 2.32. The number of hydrogen-bond donors (Lipinski definition) is 1. The summed E-state index contributed by atoms with van der Waals surface area (Å²) in [4.78, 5) is 17.8. The van der Waals surface area contributed by atoms with Gasteiger partial charge >= 0.3 is 0 Å². The van der Waals surface area contributed by atoms with Crippen molar-refractivity contribution in [3.8, 4) is 5.75 Å². The predicted molar refractivity (Wildman–Crippen MR) is 120 cm³/mol. The molecule has 1 N–H and O–H groups in total. The Morgan fingerprint density at radius 2 is 1.76 bits per heavy atom. The minimum atomic E-state index is -0.207. The van der Waals surface area contributed by atoms with E-state index in [0.717, 1.165) is 22.6 Å². The quantitative estimate of drug-likeness (QED) is 0.572. The molecule has 0 atom stereocenters. The van der Waals surface area contributed by atoms with Gasteiger partial charge in [-0.05, 0) is 36.5 Å². The number of carbonyl (C=O) groups excluding carboxylic acids is 1. The number of nitrogens with one attached hydrogen (secondary N) is 1. The molecular weight excluding hydrogens is 380 g/mol. The van der Waals surface area contributed by atoms with Crippen LogP contribution in [0.25, 0.3) is 0 Å². The molecular formula is C24H28N2O2S. The summed E-state index contributed by atoms with van der Waals surface area (Å²) in [5, 5.41) is 3.44. The Hall–Kier alpha value is -2.66. The molecule has 0 saturated heterocycles. The lowest BCUT2D eigenvalue weighted by Crippen LogP contribution is -2.22. The second-order valence-corrected chi connectivity index (χ2v) is 9.50. The molecule has 0 aliphatic rings. The zero-order valence-corrected chi connectivity index (χ0v) is 18.5. The van der Waals surface area contributed by atoms with Crippen molar-refractivity contribution in [3.05, 3.63) is 75.8 Å². The van der Waals surface area contributed by atoms with Crippen LogP contribution in [-0.4, -0.2) is 17.5 Å². The predicted octanol–water partition coefficient (Wildman–Crippen LogP) is 5.67. The fourth-order valence-electron chi connectivity index (χ4n) is 3.01. The maximum Gasteiger partial charge on any atom is 0.264 e. The van der Waals surface area contributed by atoms with E-state index in [9.17, 15) is 4.79 Å². The highest BCUT2D eigenvalue weighted by molar-refractivity contribution is 7.15. The third-order valence-corrected chi connectivity index (χ3v) is 5.51. The van der Waals surface area contributed by atoms with Crippen molar-refractivity contribution in [1.29, 1.82) is 0 Å². The molecule has 0 bridgehead atoms. The molecule has 3 rings (SSSR count). The lowest BCUT2D eigenvalue weighted by atomic mass is 9.85. The van der Waals surface area contributed by atoms with Crippen LogP contribution in [0, 0.1) is 13.8 Å². The number of aryl methyl sites for hydroxylation is 2. The maximum absolute atomic E-state index is 12.3. The second-order valence-electron chi connectivity index (χ2n) is 8.38. The molecule has 1 amide bonds. The van der Waals surface area contributed by atoms with Crippen LogP contribution in [0.1, 0.15) is 47.9 Å². The van der Waals surface area contributed by atoms with Gasteiger partial charge in [-0.3, -0.25) is 10.1 Å². The third kappa shape index (κ3) is 5.91. The zero-order valence-electron chi connectivity index (χ0n) is 17.7. The first-order chi connectivity index (χ1) is 13.7. The Kier molecular flexibility index (Phi) is 6.38. The number of anilines is 1. The van der Waals surface area contributed by atoms with Crippen molar-refractivity contribution in [2.45, 2.75) is 46.5 Å². The van der Waals surface area contributed by atoms with Gasteiger partial charge in [-0.25, -0.2) is 4.98 Å². The van der Waals surface area contributed by atoms with Gasteiger partial charge in [0.1, 0.15) is 5.75 Å². The fraction of sp³-hybridized carbons (Fsp3) is 0.333. The van der Waals surface area contributed by atoms with Gasteiger partial charge in [0, 0.05) is 17.5 Å². The maximum atomic E-state index is 12.3. The van der Waals surface area contributed by atoms with Crippen LogP contribution < -0.4 is 10.1 Å². The summed E-state index contributed by atoms with van der Waals surface area (Å²) < 4.78 is 5.83. The number of benzene rings is 2. The van der Waals surface area contributed by atoms with Gasteiger partial charge in [-0.15, -0.1) is 11.3 Å². The van der Waals surface area contributed by atoms with Gasteiger partial charge < -0.3 is 4.74 Å². The zero-order chi connectivity index (χ0) is 21.0. The first kappa shape index (κ1) is 21.1. The molecule has 0 radical (unpaired) electrons. The topological polar surface area (TPSA) is 51.2 Å². The molecule has 2 aromatic carbocycles. The van der Waals surface area contributed by atoms with Gasteiger partial charge in [-0.2, -0.15) is 0 Å². The molecule has 5 heteroatoms. The van der Waals surface area contributed by atoms with E-state index in [1.165, 1.54) is 28.0 Å². The third-order valence-electron chi connectivity index (χ3n) is 4.60. The normalized spacial score (nSPS) is 11.3. The van der Waals surface area contributed by atoms with Gasteiger partial charge in [0.25, 0.3) is 5.91 Å². The smallest absolute Gasteiger partial charge is 0.264 e. The molecule has 3 aromatic rings. The van der Waals surface area contributed by atoms with Gasteiger partial charge in [-0.1, -0.05) is 68.3 Å². The lowest BCUT2D eigenvalue weighted by Gasteiger charge is -2.23. The molecule has 0 spiro atoms. The Morgan fingerprint density at radius 3 is 2.45 bits per heavy atom. The molecule has 0 aliphatic carbocycles. The van der Waals surface area contributed by atoms with Crippen molar-refractivity contribution in [1.82, 2.24) is 4.98 Å². The standard InChI is InChI=1S/C24H28N2O2S/c1-16-6-9-18(10-7-16)13-19-14-25-23(29-19)26-22(27)15-28-21-11-8-17(2)12-20(21)24(3,4)5/h6-12,14H,13,15H2,1-5H3,(H,25,26,27). The number of ether oxygens (including phenoxy) is 1. The van der Waals surface area contributed by atoms with Crippen molar-refractivity contribution < 1.29 is 9.53 Å². The Morgan fingerprint density at radius 1 is 1.07 bits per heavy atom. The Balaban J connectivity index is 1.58. The summed E-state index contributed by atoms with van der Waals surface area (Å²) in [7, 11) is 0. The first-order valence-electron chi connectivity index (χ1n) is 9.75. The highest BCUT2D eigenvalue weighted by atomic mass is 32.1. The number of amides is 1. The molecule has 1 heterocycles. The van der Waals surface area contributed by atoms with E-state index in [-0.39, 0.29) is 17.9 Å². The van der Waals surface area contributed by atoms with Crippen LogP contribution >= 0.6 is 11.3 Å². The number of aromatic nitrogens is 1. The number of thiazole rings is 1. The molecule has 1 aromatic heterocycles. The van der Waals surface area contributed by atoms with E-state index in [0.29, 0.717) is 5.13 Å². The number of hydrogen-bond acceptors (Lipinski definition) is 4. The van der Waals surface area contributed by atoms with E-state index in [1.54, 1.807) is 0 Å². The van der Waals surface area contributed by atoms with Crippen molar-refractivity contribution >= 4 is 22.4 Å². The minimum Gasteiger partial charge on any atom is -0.483 e. The van der Waals surface area contributed by atoms with Crippen LogP contribution in [0.4, 0.5) is 5.13 Å². The molecule has 29 heavy (non-hydrogen) atoms. The number of nitrogens with zero attached hydrogens (tertiary/aromatic N) is 1. The van der Waals surface area contributed by atoms with Gasteiger partial charge in [0.15, 0.2) is 11.7 Å². The largest absolute Gasteiger partial charge is 0.483 e. The van der Waals surface area contributed by atoms with Gasteiger partial charge in [0.05, 0.1) is 0 Å². The van der Waals surface area contributed by atoms with E-state index < -0.39 is 0 Å². The first-order valence-corrected chi connectivity index (χ1v) is 10.6. The summed E-state index contributed by atoms with van der Waals surface area (Å²) in [6, 6.07) is 14.5. The summed E-state index contributed by atoms with van der Waals surface area (Å²) in [6.07, 6.45) is 2.63. The monoisotopic (exact) mass is 408 g/mol. The van der Waals surface area contributed by atoms with Crippen LogP contribution in [0.2, 0.25) is 0 Å². The summed E-state index contributed by atoms with van der Waals surface area (Å²) >= 11 is 1.49. The van der Waals surface area contributed by atoms with Crippen molar-refractivity contribution in [3.63, 3.8) is 0 Å². The number of carbonyl (C=O) groups is 1. The van der Waals surface area contributed by atoms with E-state index in [2.05, 4.69) is 75.3 Å². The fourth-order valence-corrected chi connectivity index (χ4v) is 3.87. The Bertz CT molecular complexity index is 985. The summed E-state index contributed by atoms with van der Waals surface area (Å²) in [5.41, 5.74) is 4.69.